The summed E-state index contributed by atoms with van der Waals surface area (Å²) in [6, 6.07) is 3.71. The van der Waals surface area contributed by atoms with Crippen molar-refractivity contribution in [2.75, 3.05) is 0 Å². The van der Waals surface area contributed by atoms with E-state index in [1.165, 1.54) is 0 Å². The van der Waals surface area contributed by atoms with Crippen molar-refractivity contribution < 1.29 is 4.74 Å². The number of hydrogen-bond donors (Lipinski definition) is 1. The first-order valence-electron chi connectivity index (χ1n) is 5.98. The zero-order valence-corrected chi connectivity index (χ0v) is 10.4. The van der Waals surface area contributed by atoms with Crippen molar-refractivity contribution in [3.63, 3.8) is 0 Å². The fourth-order valence-electron chi connectivity index (χ4n) is 1.56. The standard InChI is InChI=1S/C12H17N5O/c1-2-5-17-12(15-9-16-17)8-18-11-4-3-10(6-13)14-7-11/h3-4,7,9H,2,5-6,8,13H2,1H3. The van der Waals surface area contributed by atoms with Crippen molar-refractivity contribution in [1.82, 2.24) is 19.7 Å². The van der Waals surface area contributed by atoms with Gasteiger partial charge < -0.3 is 10.5 Å². The lowest BCUT2D eigenvalue weighted by Gasteiger charge is -2.07. The molecule has 2 aromatic rings. The van der Waals surface area contributed by atoms with Crippen LogP contribution in [0, 0.1) is 0 Å². The van der Waals surface area contributed by atoms with E-state index in [-0.39, 0.29) is 0 Å². The minimum atomic E-state index is 0.393. The van der Waals surface area contributed by atoms with Crippen molar-refractivity contribution in [3.8, 4) is 5.75 Å². The molecule has 0 aliphatic heterocycles. The maximum atomic E-state index is 5.61. The van der Waals surface area contributed by atoms with Crippen LogP contribution in [0.5, 0.6) is 5.75 Å². The van der Waals surface area contributed by atoms with Crippen LogP contribution in [-0.2, 0) is 19.7 Å². The highest BCUT2D eigenvalue weighted by molar-refractivity contribution is 5.19. The molecule has 0 aromatic carbocycles. The van der Waals surface area contributed by atoms with Gasteiger partial charge in [0.05, 0.1) is 11.9 Å². The van der Waals surface area contributed by atoms with Crippen LogP contribution in [0.15, 0.2) is 24.7 Å². The fourth-order valence-corrected chi connectivity index (χ4v) is 1.56. The zero-order valence-electron chi connectivity index (χ0n) is 10.4. The van der Waals surface area contributed by atoms with E-state index in [2.05, 4.69) is 22.0 Å². The first-order valence-corrected chi connectivity index (χ1v) is 5.98. The molecule has 0 spiro atoms. The predicted molar refractivity (Wildman–Crippen MR) is 66.8 cm³/mol. The van der Waals surface area contributed by atoms with Gasteiger partial charge in [-0.3, -0.25) is 4.98 Å². The Morgan fingerprint density at radius 2 is 2.22 bits per heavy atom. The topological polar surface area (TPSA) is 78.8 Å². The molecule has 2 aromatic heterocycles. The minimum absolute atomic E-state index is 0.393. The Morgan fingerprint density at radius 3 is 2.89 bits per heavy atom. The Kier molecular flexibility index (Phi) is 4.25. The van der Waals surface area contributed by atoms with Gasteiger partial charge in [0.25, 0.3) is 0 Å². The smallest absolute Gasteiger partial charge is 0.164 e. The molecule has 0 aliphatic rings. The molecule has 0 radical (unpaired) electrons. The van der Waals surface area contributed by atoms with Crippen LogP contribution in [0.2, 0.25) is 0 Å². The van der Waals surface area contributed by atoms with Crippen molar-refractivity contribution >= 4 is 0 Å². The molecule has 2 N–H and O–H groups in total. The van der Waals surface area contributed by atoms with E-state index in [9.17, 15) is 0 Å². The van der Waals surface area contributed by atoms with Crippen molar-refractivity contribution in [2.24, 2.45) is 5.73 Å². The van der Waals surface area contributed by atoms with Crippen molar-refractivity contribution in [1.29, 1.82) is 0 Å². The summed E-state index contributed by atoms with van der Waals surface area (Å²) in [5.74, 6) is 1.53. The third-order valence-electron chi connectivity index (χ3n) is 2.51. The molecule has 0 saturated carbocycles. The van der Waals surface area contributed by atoms with Crippen molar-refractivity contribution in [2.45, 2.75) is 33.0 Å². The highest BCUT2D eigenvalue weighted by Gasteiger charge is 2.04. The van der Waals surface area contributed by atoms with E-state index in [0.29, 0.717) is 18.9 Å². The molecule has 0 fully saturated rings. The van der Waals surface area contributed by atoms with Gasteiger partial charge in [-0.25, -0.2) is 9.67 Å². The second kappa shape index (κ2) is 6.11. The quantitative estimate of drug-likeness (QED) is 0.827. The molecule has 0 saturated heterocycles. The van der Waals surface area contributed by atoms with Crippen LogP contribution >= 0.6 is 0 Å². The van der Waals surface area contributed by atoms with E-state index in [4.69, 9.17) is 10.5 Å². The molecule has 96 valence electrons. The van der Waals surface area contributed by atoms with Gasteiger partial charge in [-0.2, -0.15) is 5.10 Å². The monoisotopic (exact) mass is 247 g/mol. The van der Waals surface area contributed by atoms with Gasteiger partial charge in [0.15, 0.2) is 5.82 Å². The van der Waals surface area contributed by atoms with E-state index in [1.807, 2.05) is 16.8 Å². The Labute approximate surface area is 106 Å². The predicted octanol–water partition coefficient (Wildman–Crippen LogP) is 1.12. The Balaban J connectivity index is 1.95. The highest BCUT2D eigenvalue weighted by Crippen LogP contribution is 2.11. The lowest BCUT2D eigenvalue weighted by molar-refractivity contribution is 0.285. The first-order chi connectivity index (χ1) is 8.83. The van der Waals surface area contributed by atoms with Crippen LogP contribution < -0.4 is 10.5 Å². The van der Waals surface area contributed by atoms with E-state index in [0.717, 1.165) is 24.5 Å². The molecular weight excluding hydrogens is 230 g/mol. The lowest BCUT2D eigenvalue weighted by Crippen LogP contribution is -2.08. The molecule has 6 nitrogen and oxygen atoms in total. The van der Waals surface area contributed by atoms with Crippen molar-refractivity contribution in [3.05, 3.63) is 36.2 Å². The molecule has 0 bridgehead atoms. The van der Waals surface area contributed by atoms with Crippen LogP contribution in [0.25, 0.3) is 0 Å². The minimum Gasteiger partial charge on any atom is -0.484 e. The number of nitrogens with two attached hydrogens (primary N) is 1. The van der Waals surface area contributed by atoms with Gasteiger partial charge in [0.2, 0.25) is 0 Å². The average Bonchev–Trinajstić information content (AvgIpc) is 2.85. The normalized spacial score (nSPS) is 10.6. The van der Waals surface area contributed by atoms with Gasteiger partial charge in [-0.1, -0.05) is 6.92 Å². The number of nitrogens with zero attached hydrogens (tertiary/aromatic N) is 4. The zero-order chi connectivity index (χ0) is 12.8. The Morgan fingerprint density at radius 1 is 1.33 bits per heavy atom. The van der Waals surface area contributed by atoms with Crippen LogP contribution in [0.3, 0.4) is 0 Å². The summed E-state index contributed by atoms with van der Waals surface area (Å²) < 4.78 is 7.46. The molecule has 0 aliphatic carbocycles. The maximum Gasteiger partial charge on any atom is 0.164 e. The summed E-state index contributed by atoms with van der Waals surface area (Å²) >= 11 is 0. The summed E-state index contributed by atoms with van der Waals surface area (Å²) in [6.07, 6.45) is 4.23. The van der Waals surface area contributed by atoms with Crippen LogP contribution in [-0.4, -0.2) is 19.7 Å². The summed E-state index contributed by atoms with van der Waals surface area (Å²) in [5, 5.41) is 4.14. The van der Waals surface area contributed by atoms with E-state index in [1.54, 1.807) is 12.5 Å². The van der Waals surface area contributed by atoms with Gasteiger partial charge in [-0.05, 0) is 18.6 Å². The van der Waals surface area contributed by atoms with Gasteiger partial charge in [0.1, 0.15) is 18.7 Å². The third-order valence-corrected chi connectivity index (χ3v) is 2.51. The Bertz CT molecular complexity index is 479. The van der Waals surface area contributed by atoms with Crippen LogP contribution in [0.4, 0.5) is 0 Å². The molecule has 0 unspecified atom stereocenters. The van der Waals surface area contributed by atoms with Gasteiger partial charge in [0, 0.05) is 13.1 Å². The second-order valence-corrected chi connectivity index (χ2v) is 3.88. The molecule has 0 amide bonds. The number of aryl methyl sites for hydroxylation is 1. The number of pyridine rings is 1. The van der Waals surface area contributed by atoms with E-state index >= 15 is 0 Å². The molecular formula is C12H17N5O. The number of rotatable bonds is 6. The summed E-state index contributed by atoms with van der Waals surface area (Å²) in [4.78, 5) is 8.33. The molecule has 18 heavy (non-hydrogen) atoms. The Hall–Kier alpha value is -1.95. The number of aromatic nitrogens is 4. The molecule has 0 atom stereocenters. The molecule has 2 heterocycles. The lowest BCUT2D eigenvalue weighted by atomic mass is 10.3. The third kappa shape index (κ3) is 3.04. The molecule has 2 rings (SSSR count). The number of ether oxygens (including phenoxy) is 1. The summed E-state index contributed by atoms with van der Waals surface area (Å²) in [5.41, 5.74) is 6.32. The fraction of sp³-hybridized carbons (Fsp3) is 0.417. The SMILES string of the molecule is CCCn1ncnc1COc1ccc(CN)nc1. The van der Waals surface area contributed by atoms with Gasteiger partial charge >= 0.3 is 0 Å². The first kappa shape index (κ1) is 12.5. The summed E-state index contributed by atoms with van der Waals surface area (Å²) in [7, 11) is 0. The largest absolute Gasteiger partial charge is 0.484 e. The highest BCUT2D eigenvalue weighted by atomic mass is 16.5. The summed E-state index contributed by atoms with van der Waals surface area (Å²) in [6.45, 7) is 3.78. The van der Waals surface area contributed by atoms with Crippen LogP contribution in [0.1, 0.15) is 24.9 Å². The average molecular weight is 247 g/mol. The van der Waals surface area contributed by atoms with E-state index < -0.39 is 0 Å². The molecule has 6 heteroatoms. The number of hydrogen-bond acceptors (Lipinski definition) is 5. The van der Waals surface area contributed by atoms with Gasteiger partial charge in [-0.15, -0.1) is 0 Å². The second-order valence-electron chi connectivity index (χ2n) is 3.88. The maximum absolute atomic E-state index is 5.61.